The van der Waals surface area contributed by atoms with Gasteiger partial charge in [-0.05, 0) is 6.92 Å². The zero-order chi connectivity index (χ0) is 10.9. The second-order valence-electron chi connectivity index (χ2n) is 2.72. The molecule has 1 aromatic carbocycles. The fraction of sp³-hybridized carbons (Fsp3) is 0.250. The summed E-state index contributed by atoms with van der Waals surface area (Å²) in [5.74, 6) is -2.53. The molecule has 0 aliphatic rings. The summed E-state index contributed by atoms with van der Waals surface area (Å²) < 4.78 is 26.0. The first-order chi connectivity index (χ1) is 6.49. The summed E-state index contributed by atoms with van der Waals surface area (Å²) in [5, 5.41) is 19.0. The summed E-state index contributed by atoms with van der Waals surface area (Å²) >= 11 is 0. The van der Waals surface area contributed by atoms with E-state index in [1.54, 1.807) is 0 Å². The fourth-order valence-corrected chi connectivity index (χ4v) is 1.06. The molecule has 76 valence electrons. The largest absolute Gasteiger partial charge is 0.392 e. The molecule has 0 atom stereocenters. The van der Waals surface area contributed by atoms with Gasteiger partial charge in [-0.15, -0.1) is 0 Å². The lowest BCUT2D eigenvalue weighted by molar-refractivity contribution is -0.385. The van der Waals surface area contributed by atoms with Crippen molar-refractivity contribution in [2.75, 3.05) is 0 Å². The number of aliphatic hydroxyl groups is 1. The van der Waals surface area contributed by atoms with Gasteiger partial charge in [-0.25, -0.2) is 8.78 Å². The number of nitro groups is 1. The molecule has 14 heavy (non-hydrogen) atoms. The molecule has 0 unspecified atom stereocenters. The standard InChI is InChI=1S/C8H7F2NO3/c1-4-6(11(13)14)2-5(3-12)8(10)7(4)9/h2,12H,3H2,1H3. The van der Waals surface area contributed by atoms with Crippen molar-refractivity contribution < 1.29 is 18.8 Å². The Kier molecular flexibility index (Phi) is 2.76. The zero-order valence-corrected chi connectivity index (χ0v) is 7.25. The van der Waals surface area contributed by atoms with E-state index in [1.807, 2.05) is 0 Å². The second kappa shape index (κ2) is 3.67. The van der Waals surface area contributed by atoms with Crippen LogP contribution >= 0.6 is 0 Å². The highest BCUT2D eigenvalue weighted by atomic mass is 19.2. The number of benzene rings is 1. The minimum absolute atomic E-state index is 0.371. The predicted octanol–water partition coefficient (Wildman–Crippen LogP) is 1.67. The Bertz CT molecular complexity index is 393. The Morgan fingerprint density at radius 3 is 2.50 bits per heavy atom. The number of aliphatic hydroxyl groups excluding tert-OH is 1. The average Bonchev–Trinajstić information content (AvgIpc) is 2.14. The Labute approximate surface area is 77.9 Å². The lowest BCUT2D eigenvalue weighted by Gasteiger charge is -2.04. The molecule has 0 aliphatic heterocycles. The van der Waals surface area contributed by atoms with Gasteiger partial charge in [0.05, 0.1) is 17.1 Å². The lowest BCUT2D eigenvalue weighted by Crippen LogP contribution is -2.02. The van der Waals surface area contributed by atoms with Crippen molar-refractivity contribution in [3.05, 3.63) is 38.9 Å². The van der Waals surface area contributed by atoms with E-state index in [9.17, 15) is 18.9 Å². The maximum absolute atomic E-state index is 13.0. The lowest BCUT2D eigenvalue weighted by atomic mass is 10.1. The Balaban J connectivity index is 3.48. The maximum Gasteiger partial charge on any atom is 0.275 e. The van der Waals surface area contributed by atoms with E-state index in [2.05, 4.69) is 0 Å². The first-order valence-electron chi connectivity index (χ1n) is 3.71. The third-order valence-corrected chi connectivity index (χ3v) is 1.87. The number of nitrogens with zero attached hydrogens (tertiary/aromatic N) is 1. The van der Waals surface area contributed by atoms with Crippen LogP contribution in [0.3, 0.4) is 0 Å². The van der Waals surface area contributed by atoms with Crippen LogP contribution in [0.5, 0.6) is 0 Å². The molecule has 0 aliphatic carbocycles. The van der Waals surface area contributed by atoms with Gasteiger partial charge in [0.1, 0.15) is 0 Å². The van der Waals surface area contributed by atoms with E-state index in [1.165, 1.54) is 0 Å². The van der Waals surface area contributed by atoms with Crippen molar-refractivity contribution in [1.82, 2.24) is 0 Å². The minimum atomic E-state index is -1.29. The SMILES string of the molecule is Cc1c([N+](=O)[O-])cc(CO)c(F)c1F. The van der Waals surface area contributed by atoms with Gasteiger partial charge in [-0.2, -0.15) is 0 Å². The number of hydrogen-bond donors (Lipinski definition) is 1. The summed E-state index contributed by atoms with van der Waals surface area (Å²) in [6.45, 7) is 0.335. The highest BCUT2D eigenvalue weighted by Crippen LogP contribution is 2.25. The van der Waals surface area contributed by atoms with Gasteiger partial charge in [-0.1, -0.05) is 0 Å². The van der Waals surface area contributed by atoms with Gasteiger partial charge < -0.3 is 5.11 Å². The molecule has 0 aromatic heterocycles. The summed E-state index contributed by atoms with van der Waals surface area (Å²) in [6.07, 6.45) is 0. The van der Waals surface area contributed by atoms with Crippen LogP contribution in [0, 0.1) is 28.7 Å². The molecular weight excluding hydrogens is 196 g/mol. The van der Waals surface area contributed by atoms with Crippen LogP contribution in [0.25, 0.3) is 0 Å². The molecule has 1 rings (SSSR count). The highest BCUT2D eigenvalue weighted by molar-refractivity contribution is 5.44. The normalized spacial score (nSPS) is 10.3. The maximum atomic E-state index is 13.0. The zero-order valence-electron chi connectivity index (χ0n) is 7.25. The topological polar surface area (TPSA) is 63.4 Å². The van der Waals surface area contributed by atoms with E-state index in [-0.39, 0.29) is 5.56 Å². The summed E-state index contributed by atoms with van der Waals surface area (Å²) in [7, 11) is 0. The molecule has 0 saturated heterocycles. The third-order valence-electron chi connectivity index (χ3n) is 1.87. The van der Waals surface area contributed by atoms with Crippen LogP contribution in [-0.4, -0.2) is 10.0 Å². The molecule has 1 aromatic rings. The van der Waals surface area contributed by atoms with Gasteiger partial charge in [0, 0.05) is 11.6 Å². The molecule has 0 heterocycles. The summed E-state index contributed by atoms with van der Waals surface area (Å²) in [5.41, 5.74) is -1.32. The number of halogens is 2. The van der Waals surface area contributed by atoms with Crippen molar-refractivity contribution in [3.63, 3.8) is 0 Å². The monoisotopic (exact) mass is 203 g/mol. The van der Waals surface area contributed by atoms with Crippen molar-refractivity contribution >= 4 is 5.69 Å². The first kappa shape index (κ1) is 10.5. The third kappa shape index (κ3) is 1.56. The van der Waals surface area contributed by atoms with E-state index in [0.29, 0.717) is 0 Å². The van der Waals surface area contributed by atoms with Gasteiger partial charge in [0.15, 0.2) is 11.6 Å². The van der Waals surface area contributed by atoms with Gasteiger partial charge >= 0.3 is 0 Å². The Morgan fingerprint density at radius 1 is 1.50 bits per heavy atom. The highest BCUT2D eigenvalue weighted by Gasteiger charge is 2.21. The van der Waals surface area contributed by atoms with Crippen LogP contribution in [0.2, 0.25) is 0 Å². The van der Waals surface area contributed by atoms with Crippen molar-refractivity contribution in [2.45, 2.75) is 13.5 Å². The molecule has 4 nitrogen and oxygen atoms in total. The summed E-state index contributed by atoms with van der Waals surface area (Å²) in [4.78, 5) is 9.57. The van der Waals surface area contributed by atoms with Crippen LogP contribution in [0.15, 0.2) is 6.07 Å². The van der Waals surface area contributed by atoms with Crippen LogP contribution in [0.1, 0.15) is 11.1 Å². The van der Waals surface area contributed by atoms with E-state index < -0.39 is 34.4 Å². The van der Waals surface area contributed by atoms with E-state index in [4.69, 9.17) is 5.11 Å². The second-order valence-corrected chi connectivity index (χ2v) is 2.72. The van der Waals surface area contributed by atoms with Crippen molar-refractivity contribution in [3.8, 4) is 0 Å². The van der Waals surface area contributed by atoms with Crippen LogP contribution in [0.4, 0.5) is 14.5 Å². The number of nitro benzene ring substituents is 1. The minimum Gasteiger partial charge on any atom is -0.392 e. The quantitative estimate of drug-likeness (QED) is 0.587. The molecule has 6 heteroatoms. The van der Waals surface area contributed by atoms with Crippen molar-refractivity contribution in [1.29, 1.82) is 0 Å². The van der Waals surface area contributed by atoms with E-state index in [0.717, 1.165) is 13.0 Å². The van der Waals surface area contributed by atoms with Crippen molar-refractivity contribution in [2.24, 2.45) is 0 Å². The molecule has 0 amide bonds. The first-order valence-corrected chi connectivity index (χ1v) is 3.71. The number of hydrogen-bond acceptors (Lipinski definition) is 3. The van der Waals surface area contributed by atoms with Crippen LogP contribution in [-0.2, 0) is 6.61 Å². The number of rotatable bonds is 2. The van der Waals surface area contributed by atoms with Gasteiger partial charge in [0.25, 0.3) is 5.69 Å². The predicted molar refractivity (Wildman–Crippen MR) is 43.7 cm³/mol. The average molecular weight is 203 g/mol. The molecule has 0 fully saturated rings. The Hall–Kier alpha value is -1.56. The molecule has 0 spiro atoms. The van der Waals surface area contributed by atoms with E-state index >= 15 is 0 Å². The summed E-state index contributed by atoms with van der Waals surface area (Å²) in [6, 6.07) is 0.827. The van der Waals surface area contributed by atoms with Crippen LogP contribution < -0.4 is 0 Å². The smallest absolute Gasteiger partial charge is 0.275 e. The molecular formula is C8H7F2NO3. The van der Waals surface area contributed by atoms with Gasteiger partial charge in [-0.3, -0.25) is 10.1 Å². The molecule has 0 saturated carbocycles. The molecule has 0 bridgehead atoms. The fourth-order valence-electron chi connectivity index (χ4n) is 1.06. The molecule has 0 radical (unpaired) electrons. The molecule has 1 N–H and O–H groups in total. The van der Waals surface area contributed by atoms with Gasteiger partial charge in [0.2, 0.25) is 0 Å². The Morgan fingerprint density at radius 2 is 2.07 bits per heavy atom.